The molecule has 1 aliphatic rings. The number of hydrogen-bond donors (Lipinski definition) is 1. The molecule has 1 N–H and O–H groups in total. The summed E-state index contributed by atoms with van der Waals surface area (Å²) in [4.78, 5) is 1.35. The van der Waals surface area contributed by atoms with Crippen molar-refractivity contribution in [3.8, 4) is 0 Å². The van der Waals surface area contributed by atoms with Crippen molar-refractivity contribution in [3.63, 3.8) is 0 Å². The van der Waals surface area contributed by atoms with Crippen LogP contribution in [0.5, 0.6) is 0 Å². The monoisotopic (exact) mass is 283 g/mol. The van der Waals surface area contributed by atoms with E-state index in [0.717, 1.165) is 0 Å². The third-order valence-corrected chi connectivity index (χ3v) is 5.01. The second-order valence-corrected chi connectivity index (χ2v) is 6.19. The molecule has 2 aromatic rings. The van der Waals surface area contributed by atoms with E-state index in [9.17, 15) is 0 Å². The Labute approximate surface area is 125 Å². The van der Waals surface area contributed by atoms with E-state index in [1.807, 2.05) is 11.8 Å². The Hall–Kier alpha value is -1.25. The molecule has 2 heteroatoms. The summed E-state index contributed by atoms with van der Waals surface area (Å²) in [6.45, 7) is 0. The minimum absolute atomic E-state index is 0.282. The molecule has 0 amide bonds. The Morgan fingerprint density at radius 2 is 1.85 bits per heavy atom. The average Bonchev–Trinajstić information content (AvgIpc) is 2.96. The van der Waals surface area contributed by atoms with Gasteiger partial charge >= 0.3 is 0 Å². The van der Waals surface area contributed by atoms with Crippen molar-refractivity contribution in [1.29, 1.82) is 0 Å². The van der Waals surface area contributed by atoms with E-state index in [4.69, 9.17) is 0 Å². The highest BCUT2D eigenvalue weighted by molar-refractivity contribution is 7.98. The van der Waals surface area contributed by atoms with Crippen molar-refractivity contribution in [2.75, 3.05) is 13.3 Å². The maximum absolute atomic E-state index is 3.49. The fourth-order valence-corrected chi connectivity index (χ4v) is 3.81. The van der Waals surface area contributed by atoms with Crippen LogP contribution in [0.2, 0.25) is 0 Å². The third-order valence-electron chi connectivity index (χ3n) is 4.19. The zero-order chi connectivity index (χ0) is 13.9. The Morgan fingerprint density at radius 1 is 1.05 bits per heavy atom. The summed E-state index contributed by atoms with van der Waals surface area (Å²) < 4.78 is 0. The van der Waals surface area contributed by atoms with Gasteiger partial charge in [-0.3, -0.25) is 0 Å². The van der Waals surface area contributed by atoms with Crippen LogP contribution in [-0.4, -0.2) is 13.3 Å². The first kappa shape index (κ1) is 13.7. The van der Waals surface area contributed by atoms with Gasteiger partial charge in [-0.05, 0) is 60.9 Å². The zero-order valence-electron chi connectivity index (χ0n) is 12.1. The molecule has 3 rings (SSSR count). The van der Waals surface area contributed by atoms with Crippen LogP contribution in [0.4, 0.5) is 0 Å². The number of hydrogen-bond acceptors (Lipinski definition) is 2. The van der Waals surface area contributed by atoms with E-state index in [1.54, 1.807) is 11.1 Å². The molecule has 0 bridgehead atoms. The lowest BCUT2D eigenvalue weighted by atomic mass is 9.96. The molecule has 0 spiro atoms. The number of nitrogens with one attached hydrogen (secondary N) is 1. The first-order valence-electron chi connectivity index (χ1n) is 7.25. The molecule has 1 aliphatic carbocycles. The number of thioether (sulfide) groups is 1. The van der Waals surface area contributed by atoms with Crippen molar-refractivity contribution < 1.29 is 0 Å². The molecular weight excluding hydrogens is 262 g/mol. The fourth-order valence-electron chi connectivity index (χ4n) is 3.18. The van der Waals surface area contributed by atoms with Crippen LogP contribution in [0.3, 0.4) is 0 Å². The second-order valence-electron chi connectivity index (χ2n) is 5.35. The molecule has 0 aromatic heterocycles. The van der Waals surface area contributed by atoms with E-state index in [0.29, 0.717) is 0 Å². The lowest BCUT2D eigenvalue weighted by Crippen LogP contribution is -2.18. The summed E-state index contributed by atoms with van der Waals surface area (Å²) in [6.07, 6.45) is 5.95. The van der Waals surface area contributed by atoms with Gasteiger partial charge in [-0.15, -0.1) is 11.8 Å². The van der Waals surface area contributed by atoms with Gasteiger partial charge in [0, 0.05) is 4.90 Å². The van der Waals surface area contributed by atoms with Crippen LogP contribution < -0.4 is 5.32 Å². The van der Waals surface area contributed by atoms with Gasteiger partial charge in [0.2, 0.25) is 0 Å². The normalized spacial score (nSPS) is 15.1. The minimum atomic E-state index is 0.282. The van der Waals surface area contributed by atoms with E-state index in [-0.39, 0.29) is 6.04 Å². The number of fused-ring (bicyclic) bond motifs is 1. The minimum Gasteiger partial charge on any atom is -0.309 e. The van der Waals surface area contributed by atoms with Crippen molar-refractivity contribution in [1.82, 2.24) is 5.32 Å². The number of aryl methyl sites for hydroxylation is 2. The quantitative estimate of drug-likeness (QED) is 0.844. The van der Waals surface area contributed by atoms with Crippen molar-refractivity contribution in [3.05, 3.63) is 64.7 Å². The Bertz CT molecular complexity index is 606. The lowest BCUT2D eigenvalue weighted by Gasteiger charge is -2.20. The van der Waals surface area contributed by atoms with E-state index < -0.39 is 0 Å². The molecule has 0 fully saturated rings. The fraction of sp³-hybridized carbons (Fsp3) is 0.333. The van der Waals surface area contributed by atoms with E-state index in [1.165, 1.54) is 35.3 Å². The molecule has 0 radical (unpaired) electrons. The van der Waals surface area contributed by atoms with Gasteiger partial charge < -0.3 is 5.32 Å². The highest BCUT2D eigenvalue weighted by Crippen LogP contribution is 2.32. The van der Waals surface area contributed by atoms with Gasteiger partial charge in [-0.25, -0.2) is 0 Å². The van der Waals surface area contributed by atoms with Gasteiger partial charge in [0.1, 0.15) is 0 Å². The van der Waals surface area contributed by atoms with E-state index >= 15 is 0 Å². The zero-order valence-corrected chi connectivity index (χ0v) is 13.0. The van der Waals surface area contributed by atoms with Crippen LogP contribution in [0.1, 0.15) is 34.7 Å². The second kappa shape index (κ2) is 6.02. The Kier molecular flexibility index (Phi) is 4.13. The lowest BCUT2D eigenvalue weighted by molar-refractivity contribution is 0.679. The summed E-state index contributed by atoms with van der Waals surface area (Å²) in [5.74, 6) is 0. The summed E-state index contributed by atoms with van der Waals surface area (Å²) >= 11 is 1.82. The summed E-state index contributed by atoms with van der Waals surface area (Å²) in [7, 11) is 2.05. The highest BCUT2D eigenvalue weighted by Gasteiger charge is 2.18. The molecule has 1 nitrogen and oxygen atoms in total. The summed E-state index contributed by atoms with van der Waals surface area (Å²) in [5, 5.41) is 3.49. The predicted octanol–water partition coefficient (Wildman–Crippen LogP) is 4.21. The number of rotatable bonds is 4. The predicted molar refractivity (Wildman–Crippen MR) is 87.6 cm³/mol. The molecular formula is C18H21NS. The SMILES string of the molecule is CNC(c1ccc2c(c1)CCC2)c1ccccc1SC. The number of benzene rings is 2. The molecule has 20 heavy (non-hydrogen) atoms. The van der Waals surface area contributed by atoms with Gasteiger partial charge in [0.25, 0.3) is 0 Å². The Morgan fingerprint density at radius 3 is 2.65 bits per heavy atom. The summed E-state index contributed by atoms with van der Waals surface area (Å²) in [6, 6.07) is 16.0. The molecule has 0 heterocycles. The molecule has 1 unspecified atom stereocenters. The molecule has 2 aromatic carbocycles. The smallest absolute Gasteiger partial charge is 0.0585 e. The Balaban J connectivity index is 2.01. The van der Waals surface area contributed by atoms with Crippen LogP contribution >= 0.6 is 11.8 Å². The first-order valence-corrected chi connectivity index (χ1v) is 8.48. The molecule has 0 aliphatic heterocycles. The maximum atomic E-state index is 3.49. The van der Waals surface area contributed by atoms with Gasteiger partial charge in [0.05, 0.1) is 6.04 Å². The van der Waals surface area contributed by atoms with Gasteiger partial charge in [-0.1, -0.05) is 36.4 Å². The molecule has 104 valence electrons. The van der Waals surface area contributed by atoms with Crippen molar-refractivity contribution in [2.24, 2.45) is 0 Å². The van der Waals surface area contributed by atoms with Crippen LogP contribution in [0.25, 0.3) is 0 Å². The van der Waals surface area contributed by atoms with E-state index in [2.05, 4.69) is 61.1 Å². The van der Waals surface area contributed by atoms with Crippen LogP contribution in [0.15, 0.2) is 47.4 Å². The molecule has 0 saturated carbocycles. The van der Waals surface area contributed by atoms with Crippen LogP contribution in [0, 0.1) is 0 Å². The van der Waals surface area contributed by atoms with Gasteiger partial charge in [0.15, 0.2) is 0 Å². The highest BCUT2D eigenvalue weighted by atomic mass is 32.2. The average molecular weight is 283 g/mol. The first-order chi connectivity index (χ1) is 9.83. The topological polar surface area (TPSA) is 12.0 Å². The third kappa shape index (κ3) is 2.50. The molecule has 0 saturated heterocycles. The standard InChI is InChI=1S/C18H21NS/c1-19-18(16-8-3-4-9-17(16)20-2)15-11-10-13-6-5-7-14(13)12-15/h3-4,8-12,18-19H,5-7H2,1-2H3. The van der Waals surface area contributed by atoms with Crippen molar-refractivity contribution >= 4 is 11.8 Å². The molecule has 1 atom stereocenters. The van der Waals surface area contributed by atoms with Crippen molar-refractivity contribution in [2.45, 2.75) is 30.2 Å². The summed E-state index contributed by atoms with van der Waals surface area (Å²) in [5.41, 5.74) is 5.85. The largest absolute Gasteiger partial charge is 0.309 e. The van der Waals surface area contributed by atoms with Gasteiger partial charge in [-0.2, -0.15) is 0 Å². The van der Waals surface area contributed by atoms with Crippen LogP contribution in [-0.2, 0) is 12.8 Å². The maximum Gasteiger partial charge on any atom is 0.0585 e.